The molecular weight excluding hydrogens is 328 g/mol. The molecule has 0 aromatic carbocycles. The molecule has 26 heavy (non-hydrogen) atoms. The molecular formula is C19H24N6O. The SMILES string of the molecule is CC(N)C1CCC(C(=O)Nc2ccnc3[nH]c(-c4ncc[nH]4)cc23)CC1. The van der Waals surface area contributed by atoms with Crippen molar-refractivity contribution in [3.63, 3.8) is 0 Å². The van der Waals surface area contributed by atoms with Gasteiger partial charge in [-0.2, -0.15) is 0 Å². The smallest absolute Gasteiger partial charge is 0.227 e. The van der Waals surface area contributed by atoms with Gasteiger partial charge in [0, 0.05) is 35.9 Å². The van der Waals surface area contributed by atoms with Crippen LogP contribution < -0.4 is 11.1 Å². The van der Waals surface area contributed by atoms with Crippen molar-refractivity contribution in [2.45, 2.75) is 38.6 Å². The van der Waals surface area contributed by atoms with E-state index in [0.717, 1.165) is 53.9 Å². The number of pyridine rings is 1. The van der Waals surface area contributed by atoms with Crippen LogP contribution in [0.4, 0.5) is 5.69 Å². The summed E-state index contributed by atoms with van der Waals surface area (Å²) in [5.41, 5.74) is 8.35. The molecule has 7 nitrogen and oxygen atoms in total. The number of hydrogen-bond donors (Lipinski definition) is 4. The van der Waals surface area contributed by atoms with Crippen molar-refractivity contribution in [3.8, 4) is 11.5 Å². The van der Waals surface area contributed by atoms with Gasteiger partial charge in [-0.3, -0.25) is 4.79 Å². The topological polar surface area (TPSA) is 112 Å². The van der Waals surface area contributed by atoms with Crippen molar-refractivity contribution >= 4 is 22.6 Å². The van der Waals surface area contributed by atoms with Crippen molar-refractivity contribution in [1.82, 2.24) is 19.9 Å². The number of fused-ring (bicyclic) bond motifs is 1. The summed E-state index contributed by atoms with van der Waals surface area (Å²) < 4.78 is 0. The number of nitrogens with two attached hydrogens (primary N) is 1. The van der Waals surface area contributed by atoms with Gasteiger partial charge in [0.2, 0.25) is 5.91 Å². The number of hydrogen-bond acceptors (Lipinski definition) is 4. The zero-order valence-corrected chi connectivity index (χ0v) is 14.8. The van der Waals surface area contributed by atoms with Crippen LogP contribution in [0.15, 0.2) is 30.7 Å². The molecule has 0 radical (unpaired) electrons. The number of nitrogens with zero attached hydrogens (tertiary/aromatic N) is 2. The maximum atomic E-state index is 12.7. The number of amides is 1. The van der Waals surface area contributed by atoms with Crippen molar-refractivity contribution in [3.05, 3.63) is 30.7 Å². The number of rotatable bonds is 4. The number of imidazole rings is 1. The van der Waals surface area contributed by atoms with Crippen LogP contribution in [0.2, 0.25) is 0 Å². The van der Waals surface area contributed by atoms with Gasteiger partial charge in [0.1, 0.15) is 5.65 Å². The number of aromatic amines is 2. The third-order valence-corrected chi connectivity index (χ3v) is 5.43. The molecule has 3 heterocycles. The lowest BCUT2D eigenvalue weighted by Gasteiger charge is -2.30. The Labute approximate surface area is 151 Å². The van der Waals surface area contributed by atoms with Crippen molar-refractivity contribution < 1.29 is 4.79 Å². The van der Waals surface area contributed by atoms with E-state index in [4.69, 9.17) is 5.73 Å². The van der Waals surface area contributed by atoms with Gasteiger partial charge in [0.25, 0.3) is 0 Å². The van der Waals surface area contributed by atoms with E-state index in [1.807, 2.05) is 12.1 Å². The molecule has 7 heteroatoms. The first-order valence-electron chi connectivity index (χ1n) is 9.15. The Kier molecular flexibility index (Phi) is 4.46. The van der Waals surface area contributed by atoms with E-state index in [-0.39, 0.29) is 17.9 Å². The van der Waals surface area contributed by atoms with Gasteiger partial charge in [-0.15, -0.1) is 0 Å². The summed E-state index contributed by atoms with van der Waals surface area (Å²) in [4.78, 5) is 27.7. The predicted molar refractivity (Wildman–Crippen MR) is 101 cm³/mol. The van der Waals surface area contributed by atoms with Crippen LogP contribution in [0, 0.1) is 11.8 Å². The highest BCUT2D eigenvalue weighted by Crippen LogP contribution is 2.32. The van der Waals surface area contributed by atoms with E-state index in [9.17, 15) is 4.79 Å². The molecule has 1 amide bonds. The van der Waals surface area contributed by atoms with Crippen LogP contribution in [0.5, 0.6) is 0 Å². The minimum Gasteiger partial charge on any atom is -0.343 e. The average molecular weight is 352 g/mol. The molecule has 0 spiro atoms. The van der Waals surface area contributed by atoms with Gasteiger partial charge in [-0.1, -0.05) is 0 Å². The van der Waals surface area contributed by atoms with Crippen LogP contribution in [0.3, 0.4) is 0 Å². The fourth-order valence-corrected chi connectivity index (χ4v) is 3.82. The second-order valence-corrected chi connectivity index (χ2v) is 7.20. The van der Waals surface area contributed by atoms with Crippen molar-refractivity contribution in [2.75, 3.05) is 5.32 Å². The molecule has 4 rings (SSSR count). The molecule has 0 saturated heterocycles. The van der Waals surface area contributed by atoms with Crippen LogP contribution in [-0.4, -0.2) is 31.9 Å². The quantitative estimate of drug-likeness (QED) is 0.578. The second-order valence-electron chi connectivity index (χ2n) is 7.20. The zero-order chi connectivity index (χ0) is 18.1. The number of carbonyl (C=O) groups excluding carboxylic acids is 1. The molecule has 1 atom stereocenters. The van der Waals surface area contributed by atoms with Crippen LogP contribution >= 0.6 is 0 Å². The van der Waals surface area contributed by atoms with Crippen molar-refractivity contribution in [2.24, 2.45) is 17.6 Å². The first-order chi connectivity index (χ1) is 12.6. The van der Waals surface area contributed by atoms with Gasteiger partial charge in [0.15, 0.2) is 5.82 Å². The van der Waals surface area contributed by atoms with Gasteiger partial charge in [-0.05, 0) is 50.7 Å². The Morgan fingerprint density at radius 1 is 1.27 bits per heavy atom. The second kappa shape index (κ2) is 6.92. The van der Waals surface area contributed by atoms with Crippen molar-refractivity contribution in [1.29, 1.82) is 0 Å². The minimum absolute atomic E-state index is 0.0525. The minimum atomic E-state index is 0.0525. The Morgan fingerprint density at radius 2 is 2.08 bits per heavy atom. The summed E-state index contributed by atoms with van der Waals surface area (Å²) in [5.74, 6) is 1.42. The van der Waals surface area contributed by atoms with Crippen LogP contribution in [0.1, 0.15) is 32.6 Å². The molecule has 1 saturated carbocycles. The molecule has 136 valence electrons. The Hall–Kier alpha value is -2.67. The number of aromatic nitrogens is 4. The molecule has 5 N–H and O–H groups in total. The van der Waals surface area contributed by atoms with E-state index < -0.39 is 0 Å². The Balaban J connectivity index is 1.51. The Bertz CT molecular complexity index is 890. The summed E-state index contributed by atoms with van der Waals surface area (Å²) in [6.07, 6.45) is 9.02. The van der Waals surface area contributed by atoms with E-state index in [1.165, 1.54) is 0 Å². The largest absolute Gasteiger partial charge is 0.343 e. The molecule has 3 aromatic heterocycles. The standard InChI is InChI=1S/C19H24N6O/c1-11(20)12-2-4-13(5-3-12)19(26)25-15-6-7-21-17-14(15)10-16(24-17)18-22-8-9-23-18/h6-13H,2-5,20H2,1H3,(H,22,23)(H2,21,24,25,26). The van der Waals surface area contributed by atoms with Gasteiger partial charge >= 0.3 is 0 Å². The third kappa shape index (κ3) is 3.22. The normalized spacial score (nSPS) is 21.6. The fraction of sp³-hybridized carbons (Fsp3) is 0.421. The zero-order valence-electron chi connectivity index (χ0n) is 14.8. The first-order valence-corrected chi connectivity index (χ1v) is 9.15. The average Bonchev–Trinajstić information content (AvgIpc) is 3.31. The van der Waals surface area contributed by atoms with Crippen LogP contribution in [-0.2, 0) is 4.79 Å². The Morgan fingerprint density at radius 3 is 2.77 bits per heavy atom. The monoisotopic (exact) mass is 352 g/mol. The molecule has 1 unspecified atom stereocenters. The van der Waals surface area contributed by atoms with E-state index in [0.29, 0.717) is 5.92 Å². The summed E-state index contributed by atoms with van der Waals surface area (Å²) in [5, 5.41) is 3.98. The molecule has 0 aliphatic heterocycles. The maximum absolute atomic E-state index is 12.7. The van der Waals surface area contributed by atoms with Gasteiger partial charge in [0.05, 0.1) is 11.4 Å². The van der Waals surface area contributed by atoms with Gasteiger partial charge < -0.3 is 21.0 Å². The lowest BCUT2D eigenvalue weighted by Crippen LogP contribution is -2.33. The summed E-state index contributed by atoms with van der Waals surface area (Å²) >= 11 is 0. The number of carbonyl (C=O) groups is 1. The highest BCUT2D eigenvalue weighted by Gasteiger charge is 2.28. The fourth-order valence-electron chi connectivity index (χ4n) is 3.82. The number of H-pyrrole nitrogens is 2. The van der Waals surface area contributed by atoms with E-state index in [1.54, 1.807) is 18.6 Å². The van der Waals surface area contributed by atoms with Crippen LogP contribution in [0.25, 0.3) is 22.6 Å². The molecule has 1 aliphatic carbocycles. The first kappa shape index (κ1) is 16.8. The maximum Gasteiger partial charge on any atom is 0.227 e. The molecule has 0 bridgehead atoms. The van der Waals surface area contributed by atoms with E-state index >= 15 is 0 Å². The summed E-state index contributed by atoms with van der Waals surface area (Å²) in [6, 6.07) is 4.01. The summed E-state index contributed by atoms with van der Waals surface area (Å²) in [6.45, 7) is 2.06. The predicted octanol–water partition coefficient (Wildman–Crippen LogP) is 3.05. The summed E-state index contributed by atoms with van der Waals surface area (Å²) in [7, 11) is 0. The highest BCUT2D eigenvalue weighted by molar-refractivity contribution is 6.02. The molecule has 1 aliphatic rings. The number of nitrogens with one attached hydrogen (secondary N) is 3. The number of anilines is 1. The molecule has 3 aromatic rings. The third-order valence-electron chi connectivity index (χ3n) is 5.43. The lowest BCUT2D eigenvalue weighted by atomic mass is 9.79. The lowest BCUT2D eigenvalue weighted by molar-refractivity contribution is -0.121. The van der Waals surface area contributed by atoms with Gasteiger partial charge in [-0.25, -0.2) is 9.97 Å². The highest BCUT2D eigenvalue weighted by atomic mass is 16.1. The molecule has 1 fully saturated rings. The van der Waals surface area contributed by atoms with E-state index in [2.05, 4.69) is 32.2 Å².